The summed E-state index contributed by atoms with van der Waals surface area (Å²) in [4.78, 5) is 29.0. The summed E-state index contributed by atoms with van der Waals surface area (Å²) in [7, 11) is 0. The number of anilines is 1. The molecule has 29 heavy (non-hydrogen) atoms. The number of hydrogen-bond donors (Lipinski definition) is 2. The largest absolute Gasteiger partial charge is 0.462 e. The average Bonchev–Trinajstić information content (AvgIpc) is 3.48. The molecule has 3 aromatic rings. The number of nitrogens with one attached hydrogen (secondary N) is 2. The first-order valence-electron chi connectivity index (χ1n) is 9.82. The first kappa shape index (κ1) is 19.4. The molecule has 2 heterocycles. The highest BCUT2D eigenvalue weighted by Crippen LogP contribution is 2.26. The second-order valence-electron chi connectivity index (χ2n) is 7.25. The Morgan fingerprint density at radius 1 is 1.17 bits per heavy atom. The van der Waals surface area contributed by atoms with Crippen molar-refractivity contribution < 1.29 is 14.0 Å². The maximum Gasteiger partial charge on any atom is 0.227 e. The number of thiazole rings is 1. The van der Waals surface area contributed by atoms with Gasteiger partial charge < -0.3 is 15.1 Å². The molecule has 1 aromatic carbocycles. The van der Waals surface area contributed by atoms with Crippen LogP contribution in [0.4, 0.5) is 5.69 Å². The number of nitrogens with zero attached hydrogens (tertiary/aromatic N) is 1. The van der Waals surface area contributed by atoms with Gasteiger partial charge in [0.25, 0.3) is 0 Å². The van der Waals surface area contributed by atoms with Gasteiger partial charge in [-0.3, -0.25) is 9.59 Å². The summed E-state index contributed by atoms with van der Waals surface area (Å²) >= 11 is 1.46. The van der Waals surface area contributed by atoms with Gasteiger partial charge >= 0.3 is 0 Å². The lowest BCUT2D eigenvalue weighted by atomic mass is 10.1. The smallest absolute Gasteiger partial charge is 0.227 e. The fourth-order valence-corrected chi connectivity index (χ4v) is 4.31. The van der Waals surface area contributed by atoms with Crippen molar-refractivity contribution >= 4 is 28.8 Å². The summed E-state index contributed by atoms with van der Waals surface area (Å²) in [5.41, 5.74) is 2.44. The normalized spacial score (nSPS) is 14.1. The Morgan fingerprint density at radius 3 is 2.83 bits per heavy atom. The molecule has 1 fully saturated rings. The maximum absolute atomic E-state index is 12.3. The van der Waals surface area contributed by atoms with Crippen LogP contribution >= 0.6 is 11.3 Å². The number of carbonyl (C=O) groups is 2. The highest BCUT2D eigenvalue weighted by Gasteiger charge is 2.22. The number of rotatable bonds is 7. The van der Waals surface area contributed by atoms with Crippen LogP contribution < -0.4 is 10.6 Å². The summed E-state index contributed by atoms with van der Waals surface area (Å²) in [6.45, 7) is 0.404. The quantitative estimate of drug-likeness (QED) is 0.606. The van der Waals surface area contributed by atoms with Crippen molar-refractivity contribution in [3.63, 3.8) is 0 Å². The predicted octanol–water partition coefficient (Wildman–Crippen LogP) is 4.39. The van der Waals surface area contributed by atoms with Crippen LogP contribution in [0.25, 0.3) is 10.8 Å². The van der Waals surface area contributed by atoms with Crippen LogP contribution in [0.2, 0.25) is 0 Å². The zero-order valence-electron chi connectivity index (χ0n) is 16.0. The Kier molecular flexibility index (Phi) is 6.05. The van der Waals surface area contributed by atoms with Gasteiger partial charge in [-0.05, 0) is 42.7 Å². The number of furan rings is 1. The standard InChI is InChI=1S/C22H23N3O3S/c26-20(12-18-14-29-22(25-18)19-9-4-10-28-19)23-13-15-5-3-8-17(11-15)24-21(27)16-6-1-2-7-16/h3-5,8-11,14,16H,1-2,6-7,12-13H2,(H,23,26)(H,24,27). The van der Waals surface area contributed by atoms with Crippen LogP contribution in [0.5, 0.6) is 0 Å². The first-order chi connectivity index (χ1) is 14.2. The minimum atomic E-state index is -0.0957. The number of benzene rings is 1. The average molecular weight is 410 g/mol. The molecule has 2 amide bonds. The second-order valence-corrected chi connectivity index (χ2v) is 8.10. The molecule has 150 valence electrons. The van der Waals surface area contributed by atoms with Crippen LogP contribution in [-0.2, 0) is 22.6 Å². The minimum Gasteiger partial charge on any atom is -0.462 e. The molecule has 0 radical (unpaired) electrons. The molecule has 6 nitrogen and oxygen atoms in total. The van der Waals surface area contributed by atoms with Gasteiger partial charge in [0.05, 0.1) is 18.4 Å². The predicted molar refractivity (Wildman–Crippen MR) is 112 cm³/mol. The molecule has 1 aliphatic rings. The fraction of sp³-hybridized carbons (Fsp3) is 0.318. The Labute approximate surface area is 173 Å². The van der Waals surface area contributed by atoms with Gasteiger partial charge in [-0.1, -0.05) is 25.0 Å². The summed E-state index contributed by atoms with van der Waals surface area (Å²) in [5, 5.41) is 8.55. The topological polar surface area (TPSA) is 84.2 Å². The Morgan fingerprint density at radius 2 is 2.03 bits per heavy atom. The van der Waals surface area contributed by atoms with Crippen molar-refractivity contribution in [2.45, 2.75) is 38.6 Å². The van der Waals surface area contributed by atoms with Crippen LogP contribution in [0.3, 0.4) is 0 Å². The molecular weight excluding hydrogens is 386 g/mol. The molecular formula is C22H23N3O3S. The van der Waals surface area contributed by atoms with Crippen molar-refractivity contribution in [3.8, 4) is 10.8 Å². The fourth-order valence-electron chi connectivity index (χ4n) is 3.52. The zero-order chi connectivity index (χ0) is 20.1. The van der Waals surface area contributed by atoms with Crippen molar-refractivity contribution in [1.29, 1.82) is 0 Å². The number of hydrogen-bond acceptors (Lipinski definition) is 5. The lowest BCUT2D eigenvalue weighted by Gasteiger charge is -2.11. The van der Waals surface area contributed by atoms with E-state index in [1.54, 1.807) is 6.26 Å². The van der Waals surface area contributed by atoms with Crippen LogP contribution in [0.1, 0.15) is 36.9 Å². The number of aromatic nitrogens is 1. The van der Waals surface area contributed by atoms with Crippen molar-refractivity contribution in [1.82, 2.24) is 10.3 Å². The maximum atomic E-state index is 12.3. The highest BCUT2D eigenvalue weighted by atomic mass is 32.1. The molecule has 1 aliphatic carbocycles. The third-order valence-electron chi connectivity index (χ3n) is 5.04. The SMILES string of the molecule is O=C(Cc1csc(-c2ccco2)n1)NCc1cccc(NC(=O)C2CCCC2)c1. The molecule has 1 saturated carbocycles. The second kappa shape index (κ2) is 9.05. The van der Waals surface area contributed by atoms with E-state index >= 15 is 0 Å². The van der Waals surface area contributed by atoms with E-state index in [0.717, 1.165) is 47.6 Å². The molecule has 0 saturated heterocycles. The van der Waals surface area contributed by atoms with E-state index in [-0.39, 0.29) is 24.2 Å². The van der Waals surface area contributed by atoms with Gasteiger partial charge in [0.2, 0.25) is 11.8 Å². The lowest BCUT2D eigenvalue weighted by molar-refractivity contribution is -0.121. The van der Waals surface area contributed by atoms with E-state index in [1.807, 2.05) is 41.8 Å². The van der Waals surface area contributed by atoms with Crippen LogP contribution in [-0.4, -0.2) is 16.8 Å². The molecule has 0 atom stereocenters. The summed E-state index contributed by atoms with van der Waals surface area (Å²) in [5.74, 6) is 0.835. The van der Waals surface area contributed by atoms with E-state index in [4.69, 9.17) is 4.42 Å². The third-order valence-corrected chi connectivity index (χ3v) is 5.94. The molecule has 4 rings (SSSR count). The van der Waals surface area contributed by atoms with Crippen molar-refractivity contribution in [2.24, 2.45) is 5.92 Å². The van der Waals surface area contributed by atoms with E-state index in [0.29, 0.717) is 12.3 Å². The molecule has 2 N–H and O–H groups in total. The molecule has 0 bridgehead atoms. The van der Waals surface area contributed by atoms with E-state index in [2.05, 4.69) is 15.6 Å². The molecule has 2 aromatic heterocycles. The molecule has 0 spiro atoms. The summed E-state index contributed by atoms with van der Waals surface area (Å²) in [6.07, 6.45) is 6.03. The van der Waals surface area contributed by atoms with Gasteiger partial charge in [0, 0.05) is 23.5 Å². The number of carbonyl (C=O) groups excluding carboxylic acids is 2. The molecule has 0 unspecified atom stereocenters. The Bertz CT molecular complexity index is 975. The third kappa shape index (κ3) is 5.12. The Balaban J connectivity index is 1.28. The first-order valence-corrected chi connectivity index (χ1v) is 10.7. The number of amides is 2. The minimum absolute atomic E-state index is 0.0957. The lowest BCUT2D eigenvalue weighted by Crippen LogP contribution is -2.25. The zero-order valence-corrected chi connectivity index (χ0v) is 16.8. The van der Waals surface area contributed by atoms with Gasteiger partial charge in [0.15, 0.2) is 10.8 Å². The van der Waals surface area contributed by atoms with Crippen LogP contribution in [0.15, 0.2) is 52.5 Å². The summed E-state index contributed by atoms with van der Waals surface area (Å²) in [6, 6.07) is 11.3. The van der Waals surface area contributed by atoms with E-state index < -0.39 is 0 Å². The van der Waals surface area contributed by atoms with Gasteiger partial charge in [0.1, 0.15) is 0 Å². The van der Waals surface area contributed by atoms with Gasteiger partial charge in [-0.2, -0.15) is 0 Å². The monoisotopic (exact) mass is 409 g/mol. The molecule has 7 heteroatoms. The van der Waals surface area contributed by atoms with Gasteiger partial charge in [-0.15, -0.1) is 11.3 Å². The van der Waals surface area contributed by atoms with Crippen molar-refractivity contribution in [2.75, 3.05) is 5.32 Å². The van der Waals surface area contributed by atoms with Crippen molar-refractivity contribution in [3.05, 3.63) is 59.3 Å². The van der Waals surface area contributed by atoms with Crippen LogP contribution in [0, 0.1) is 5.92 Å². The van der Waals surface area contributed by atoms with Gasteiger partial charge in [-0.25, -0.2) is 4.98 Å². The Hall–Kier alpha value is -2.93. The van der Waals surface area contributed by atoms with E-state index in [9.17, 15) is 9.59 Å². The summed E-state index contributed by atoms with van der Waals surface area (Å²) < 4.78 is 5.33. The van der Waals surface area contributed by atoms with E-state index in [1.165, 1.54) is 11.3 Å². The molecule has 0 aliphatic heterocycles. The highest BCUT2D eigenvalue weighted by molar-refractivity contribution is 7.13.